The van der Waals surface area contributed by atoms with Crippen LogP contribution in [0.1, 0.15) is 24.8 Å². The molecule has 1 saturated heterocycles. The van der Waals surface area contributed by atoms with Crippen molar-refractivity contribution < 1.29 is 4.74 Å². The highest BCUT2D eigenvalue weighted by molar-refractivity contribution is 5.66. The third-order valence-corrected chi connectivity index (χ3v) is 4.05. The maximum atomic E-state index is 5.38. The van der Waals surface area contributed by atoms with Gasteiger partial charge in [-0.25, -0.2) is 0 Å². The fraction of sp³-hybridized carbons (Fsp3) is 0.529. The highest BCUT2D eigenvalue weighted by Crippen LogP contribution is 2.24. The molecule has 0 spiro atoms. The Morgan fingerprint density at radius 2 is 2.10 bits per heavy atom. The van der Waals surface area contributed by atoms with Gasteiger partial charge in [-0.15, -0.1) is 0 Å². The first-order valence-electron chi connectivity index (χ1n) is 7.51. The van der Waals surface area contributed by atoms with Crippen molar-refractivity contribution in [3.8, 4) is 0 Å². The molecule has 1 aliphatic rings. The lowest BCUT2D eigenvalue weighted by atomic mass is 9.94. The molecule has 20 heavy (non-hydrogen) atoms. The summed E-state index contributed by atoms with van der Waals surface area (Å²) in [5.41, 5.74) is 2.40. The van der Waals surface area contributed by atoms with Crippen molar-refractivity contribution in [3.63, 3.8) is 0 Å². The molecule has 0 atom stereocenters. The Kier molecular flexibility index (Phi) is 6.09. The number of para-hydroxylation sites is 1. The average molecular weight is 274 g/mol. The van der Waals surface area contributed by atoms with Gasteiger partial charge >= 0.3 is 0 Å². The van der Waals surface area contributed by atoms with Crippen LogP contribution in [0.2, 0.25) is 0 Å². The molecule has 1 fully saturated rings. The SMILES string of the molecule is C=Cc1ccccc1N(CCC1CCNCC1)COC. The summed E-state index contributed by atoms with van der Waals surface area (Å²) in [6.07, 6.45) is 5.74. The summed E-state index contributed by atoms with van der Waals surface area (Å²) >= 11 is 0. The maximum Gasteiger partial charge on any atom is 0.118 e. The molecule has 0 radical (unpaired) electrons. The average Bonchev–Trinajstić information content (AvgIpc) is 2.52. The second-order valence-corrected chi connectivity index (χ2v) is 5.43. The number of anilines is 1. The van der Waals surface area contributed by atoms with E-state index in [1.165, 1.54) is 30.5 Å². The molecule has 2 rings (SSSR count). The lowest BCUT2D eigenvalue weighted by Gasteiger charge is -2.29. The highest BCUT2D eigenvalue weighted by Gasteiger charge is 2.15. The van der Waals surface area contributed by atoms with Crippen molar-refractivity contribution in [2.24, 2.45) is 5.92 Å². The minimum Gasteiger partial charge on any atom is -0.364 e. The molecule has 3 nitrogen and oxygen atoms in total. The van der Waals surface area contributed by atoms with Crippen LogP contribution >= 0.6 is 0 Å². The first-order chi connectivity index (χ1) is 9.85. The van der Waals surface area contributed by atoms with Crippen molar-refractivity contribution in [2.75, 3.05) is 38.4 Å². The van der Waals surface area contributed by atoms with Crippen molar-refractivity contribution >= 4 is 11.8 Å². The first-order valence-corrected chi connectivity index (χ1v) is 7.51. The van der Waals surface area contributed by atoms with Gasteiger partial charge in [0, 0.05) is 19.3 Å². The summed E-state index contributed by atoms with van der Waals surface area (Å²) < 4.78 is 5.38. The summed E-state index contributed by atoms with van der Waals surface area (Å²) in [7, 11) is 1.76. The molecule has 1 N–H and O–H groups in total. The van der Waals surface area contributed by atoms with Gasteiger partial charge in [-0.2, -0.15) is 0 Å². The standard InChI is InChI=1S/C17H26N2O/c1-3-16-6-4-5-7-17(16)19(14-20-2)13-10-15-8-11-18-12-9-15/h3-7,15,18H,1,8-14H2,2H3. The van der Waals surface area contributed by atoms with E-state index in [-0.39, 0.29) is 0 Å². The second kappa shape index (κ2) is 8.08. The highest BCUT2D eigenvalue weighted by atomic mass is 16.5. The Hall–Kier alpha value is -1.32. The molecule has 0 unspecified atom stereocenters. The summed E-state index contributed by atoms with van der Waals surface area (Å²) in [5, 5.41) is 3.43. The molecule has 1 aromatic rings. The topological polar surface area (TPSA) is 24.5 Å². The van der Waals surface area contributed by atoms with Crippen molar-refractivity contribution in [2.45, 2.75) is 19.3 Å². The molecular formula is C17H26N2O. The third-order valence-electron chi connectivity index (χ3n) is 4.05. The van der Waals surface area contributed by atoms with Crippen molar-refractivity contribution in [1.29, 1.82) is 0 Å². The smallest absolute Gasteiger partial charge is 0.118 e. The van der Waals surface area contributed by atoms with Crippen LogP contribution in [-0.2, 0) is 4.74 Å². The summed E-state index contributed by atoms with van der Waals surface area (Å²) in [4.78, 5) is 2.32. The first kappa shape index (κ1) is 15.1. The Morgan fingerprint density at radius 1 is 1.35 bits per heavy atom. The van der Waals surface area contributed by atoms with E-state index in [1.807, 2.05) is 6.08 Å². The van der Waals surface area contributed by atoms with Crippen LogP contribution in [0.4, 0.5) is 5.69 Å². The van der Waals surface area contributed by atoms with Crippen molar-refractivity contribution in [3.05, 3.63) is 36.4 Å². The number of benzene rings is 1. The van der Waals surface area contributed by atoms with Crippen LogP contribution in [0.15, 0.2) is 30.8 Å². The maximum absolute atomic E-state index is 5.38. The fourth-order valence-corrected chi connectivity index (χ4v) is 2.87. The normalized spacial score (nSPS) is 16.1. The van der Waals surface area contributed by atoms with E-state index in [2.05, 4.69) is 41.1 Å². The Bertz CT molecular complexity index is 413. The second-order valence-electron chi connectivity index (χ2n) is 5.43. The minimum atomic E-state index is 0.635. The van der Waals surface area contributed by atoms with E-state index in [0.29, 0.717) is 6.73 Å². The Morgan fingerprint density at radius 3 is 2.80 bits per heavy atom. The molecule has 110 valence electrons. The van der Waals surface area contributed by atoms with Gasteiger partial charge in [0.15, 0.2) is 0 Å². The van der Waals surface area contributed by atoms with Gasteiger partial charge in [-0.3, -0.25) is 0 Å². The number of nitrogens with zero attached hydrogens (tertiary/aromatic N) is 1. The third kappa shape index (κ3) is 4.09. The van der Waals surface area contributed by atoms with E-state index in [0.717, 1.165) is 25.6 Å². The summed E-state index contributed by atoms with van der Waals surface area (Å²) in [6.45, 7) is 7.92. The summed E-state index contributed by atoms with van der Waals surface area (Å²) in [6, 6.07) is 8.39. The van der Waals surface area contributed by atoms with Crippen LogP contribution in [0.25, 0.3) is 6.08 Å². The zero-order valence-corrected chi connectivity index (χ0v) is 12.5. The molecule has 0 saturated carbocycles. The van der Waals surface area contributed by atoms with Gasteiger partial charge in [-0.05, 0) is 49.9 Å². The molecule has 1 aliphatic heterocycles. The molecule has 0 amide bonds. The van der Waals surface area contributed by atoms with Gasteiger partial charge in [0.1, 0.15) is 6.73 Å². The molecule has 1 heterocycles. The number of hydrogen-bond donors (Lipinski definition) is 1. The molecule has 0 aromatic heterocycles. The monoisotopic (exact) mass is 274 g/mol. The van der Waals surface area contributed by atoms with E-state index >= 15 is 0 Å². The fourth-order valence-electron chi connectivity index (χ4n) is 2.87. The predicted octanol–water partition coefficient (Wildman–Crippen LogP) is 3.13. The number of methoxy groups -OCH3 is 1. The van der Waals surface area contributed by atoms with Gasteiger partial charge < -0.3 is 15.0 Å². The Labute approximate surface area is 122 Å². The molecular weight excluding hydrogens is 248 g/mol. The van der Waals surface area contributed by atoms with Crippen LogP contribution in [0, 0.1) is 5.92 Å². The quantitative estimate of drug-likeness (QED) is 0.773. The molecule has 1 aromatic carbocycles. The zero-order valence-electron chi connectivity index (χ0n) is 12.5. The van der Waals surface area contributed by atoms with E-state index in [9.17, 15) is 0 Å². The van der Waals surface area contributed by atoms with E-state index < -0.39 is 0 Å². The minimum absolute atomic E-state index is 0.635. The molecule has 0 aliphatic carbocycles. The number of ether oxygens (including phenoxy) is 1. The zero-order chi connectivity index (χ0) is 14.2. The van der Waals surface area contributed by atoms with Gasteiger partial charge in [-0.1, -0.05) is 30.9 Å². The van der Waals surface area contributed by atoms with Gasteiger partial charge in [0.2, 0.25) is 0 Å². The van der Waals surface area contributed by atoms with Gasteiger partial charge in [0.05, 0.1) is 0 Å². The largest absolute Gasteiger partial charge is 0.364 e. The predicted molar refractivity (Wildman–Crippen MR) is 86.0 cm³/mol. The lowest BCUT2D eigenvalue weighted by molar-refractivity contribution is 0.194. The van der Waals surface area contributed by atoms with E-state index in [4.69, 9.17) is 4.74 Å². The number of nitrogens with one attached hydrogen (secondary N) is 1. The Balaban J connectivity index is 2.00. The molecule has 0 bridgehead atoms. The van der Waals surface area contributed by atoms with Gasteiger partial charge in [0.25, 0.3) is 0 Å². The van der Waals surface area contributed by atoms with Crippen LogP contribution in [-0.4, -0.2) is 33.5 Å². The van der Waals surface area contributed by atoms with E-state index in [1.54, 1.807) is 7.11 Å². The lowest BCUT2D eigenvalue weighted by Crippen LogP contribution is -2.32. The summed E-state index contributed by atoms with van der Waals surface area (Å²) in [5.74, 6) is 0.839. The number of hydrogen-bond acceptors (Lipinski definition) is 3. The number of rotatable bonds is 7. The van der Waals surface area contributed by atoms with Crippen LogP contribution < -0.4 is 10.2 Å². The number of piperidine rings is 1. The van der Waals surface area contributed by atoms with Crippen molar-refractivity contribution in [1.82, 2.24) is 5.32 Å². The van der Waals surface area contributed by atoms with Crippen LogP contribution in [0.5, 0.6) is 0 Å². The van der Waals surface area contributed by atoms with Crippen LogP contribution in [0.3, 0.4) is 0 Å². The molecule has 3 heteroatoms.